The lowest BCUT2D eigenvalue weighted by molar-refractivity contribution is -0.137. The molecule has 3 aromatic rings. The van der Waals surface area contributed by atoms with Gasteiger partial charge < -0.3 is 10.3 Å². The number of para-hydroxylation sites is 1. The topological polar surface area (TPSA) is 68.7 Å². The van der Waals surface area contributed by atoms with Gasteiger partial charge in [0.2, 0.25) is 0 Å². The monoisotopic (exact) mass is 377 g/mol. The second kappa shape index (κ2) is 6.73. The normalized spacial score (nSPS) is 11.3. The first-order valence-electron chi connectivity index (χ1n) is 7.45. The highest BCUT2D eigenvalue weighted by atomic mass is 35.5. The molecule has 132 valence electrons. The van der Waals surface area contributed by atoms with Crippen molar-refractivity contribution in [1.82, 2.24) is 4.98 Å². The maximum absolute atomic E-state index is 13.0. The van der Waals surface area contributed by atoms with Crippen molar-refractivity contribution in [3.63, 3.8) is 0 Å². The Morgan fingerprint density at radius 2 is 1.96 bits per heavy atom. The first-order chi connectivity index (χ1) is 12.3. The van der Waals surface area contributed by atoms with Crippen LogP contribution in [0.25, 0.3) is 10.9 Å². The molecule has 2 aromatic carbocycles. The van der Waals surface area contributed by atoms with Crippen LogP contribution in [0.3, 0.4) is 0 Å². The van der Waals surface area contributed by atoms with Crippen LogP contribution in [0.4, 0.5) is 18.9 Å². The van der Waals surface area contributed by atoms with Crippen LogP contribution in [0.15, 0.2) is 47.3 Å². The first-order valence-corrected chi connectivity index (χ1v) is 7.83. The smallest absolute Gasteiger partial charge is 0.381 e. The number of aromatic nitrogens is 1. The lowest BCUT2D eigenvalue weighted by atomic mass is 10.1. The van der Waals surface area contributed by atoms with E-state index in [2.05, 4.69) is 10.3 Å². The van der Waals surface area contributed by atoms with E-state index in [4.69, 9.17) is 16.9 Å². The Balaban J connectivity index is 1.90. The van der Waals surface area contributed by atoms with Gasteiger partial charge >= 0.3 is 6.18 Å². The fraction of sp³-hybridized carbons (Fsp3) is 0.111. The molecule has 0 fully saturated rings. The van der Waals surface area contributed by atoms with E-state index < -0.39 is 17.3 Å². The van der Waals surface area contributed by atoms with Crippen molar-refractivity contribution in [2.75, 3.05) is 5.32 Å². The summed E-state index contributed by atoms with van der Waals surface area (Å²) in [6.45, 7) is 0.0149. The van der Waals surface area contributed by atoms with Crippen molar-refractivity contribution in [3.05, 3.63) is 74.5 Å². The fourth-order valence-electron chi connectivity index (χ4n) is 2.55. The summed E-state index contributed by atoms with van der Waals surface area (Å²) in [5.74, 6) is 0. The first kappa shape index (κ1) is 17.8. The third kappa shape index (κ3) is 3.51. The third-order valence-electron chi connectivity index (χ3n) is 3.83. The van der Waals surface area contributed by atoms with E-state index in [1.54, 1.807) is 24.3 Å². The van der Waals surface area contributed by atoms with Crippen LogP contribution in [-0.2, 0) is 12.7 Å². The molecule has 26 heavy (non-hydrogen) atoms. The number of H-pyrrole nitrogens is 1. The predicted octanol–water partition coefficient (Wildman–Crippen LogP) is 4.68. The second-order valence-electron chi connectivity index (χ2n) is 5.55. The molecule has 0 bridgehead atoms. The molecule has 8 heteroatoms. The molecule has 0 amide bonds. The quantitative estimate of drug-likeness (QED) is 0.696. The highest BCUT2D eigenvalue weighted by Gasteiger charge is 2.33. The molecule has 0 saturated heterocycles. The zero-order valence-electron chi connectivity index (χ0n) is 13.1. The van der Waals surface area contributed by atoms with E-state index in [1.807, 2.05) is 0 Å². The SMILES string of the molecule is N#Cc1ccc(NCc2cc3cccc(Cl)c3[nH]c2=O)cc1C(F)(F)F. The van der Waals surface area contributed by atoms with Gasteiger partial charge in [0, 0.05) is 23.2 Å². The number of alkyl halides is 3. The van der Waals surface area contributed by atoms with E-state index in [0.29, 0.717) is 21.5 Å². The van der Waals surface area contributed by atoms with Gasteiger partial charge in [-0.2, -0.15) is 18.4 Å². The Labute approximate surface area is 150 Å². The fourth-order valence-corrected chi connectivity index (χ4v) is 2.78. The number of rotatable bonds is 3. The van der Waals surface area contributed by atoms with Crippen LogP contribution in [0, 0.1) is 11.3 Å². The number of halogens is 4. The molecule has 0 aliphatic carbocycles. The summed E-state index contributed by atoms with van der Waals surface area (Å²) in [7, 11) is 0. The Morgan fingerprint density at radius 3 is 2.65 bits per heavy atom. The number of fused-ring (bicyclic) bond motifs is 1. The molecule has 0 aliphatic heterocycles. The van der Waals surface area contributed by atoms with E-state index in [9.17, 15) is 18.0 Å². The van der Waals surface area contributed by atoms with Crippen molar-refractivity contribution in [2.24, 2.45) is 0 Å². The lowest BCUT2D eigenvalue weighted by Crippen LogP contribution is -2.16. The van der Waals surface area contributed by atoms with Crippen LogP contribution in [-0.4, -0.2) is 4.98 Å². The Hall–Kier alpha value is -2.98. The standard InChI is InChI=1S/C18H11ClF3N3O/c19-15-3-1-2-10-6-12(17(26)25-16(10)15)9-24-13-5-4-11(8-23)14(7-13)18(20,21)22/h1-7,24H,9H2,(H,25,26). The Kier molecular flexibility index (Phi) is 4.62. The maximum atomic E-state index is 13.0. The van der Waals surface area contributed by atoms with Gasteiger partial charge in [0.25, 0.3) is 5.56 Å². The molecule has 1 heterocycles. The summed E-state index contributed by atoms with van der Waals surface area (Å²) in [4.78, 5) is 14.8. The maximum Gasteiger partial charge on any atom is 0.417 e. The summed E-state index contributed by atoms with van der Waals surface area (Å²) in [5.41, 5.74) is -0.867. The van der Waals surface area contributed by atoms with Gasteiger partial charge in [0.15, 0.2) is 0 Å². The lowest BCUT2D eigenvalue weighted by Gasteiger charge is -2.12. The average Bonchev–Trinajstić information content (AvgIpc) is 2.60. The molecule has 1 aromatic heterocycles. The molecular formula is C18H11ClF3N3O. The van der Waals surface area contributed by atoms with Crippen molar-refractivity contribution in [3.8, 4) is 6.07 Å². The van der Waals surface area contributed by atoms with Crippen LogP contribution >= 0.6 is 11.6 Å². The molecule has 0 aliphatic rings. The summed E-state index contributed by atoms with van der Waals surface area (Å²) in [6.07, 6.45) is -4.64. The molecule has 3 rings (SSSR count). The summed E-state index contributed by atoms with van der Waals surface area (Å²) < 4.78 is 39.0. The second-order valence-corrected chi connectivity index (χ2v) is 5.96. The number of pyridine rings is 1. The largest absolute Gasteiger partial charge is 0.417 e. The van der Waals surface area contributed by atoms with E-state index in [1.165, 1.54) is 12.1 Å². The van der Waals surface area contributed by atoms with Gasteiger partial charge in [-0.1, -0.05) is 23.7 Å². The van der Waals surface area contributed by atoms with E-state index in [0.717, 1.165) is 12.1 Å². The number of hydrogen-bond donors (Lipinski definition) is 2. The van der Waals surface area contributed by atoms with Gasteiger partial charge in [0.05, 0.1) is 27.7 Å². The van der Waals surface area contributed by atoms with Crippen LogP contribution in [0.1, 0.15) is 16.7 Å². The number of nitrogens with one attached hydrogen (secondary N) is 2. The van der Waals surface area contributed by atoms with E-state index >= 15 is 0 Å². The Bertz CT molecular complexity index is 1080. The van der Waals surface area contributed by atoms with Crippen molar-refractivity contribution in [2.45, 2.75) is 12.7 Å². The predicted molar refractivity (Wildman–Crippen MR) is 93.1 cm³/mol. The molecule has 0 radical (unpaired) electrons. The summed E-state index contributed by atoms with van der Waals surface area (Å²) in [5, 5.41) is 12.7. The van der Waals surface area contributed by atoms with Crippen molar-refractivity contribution in [1.29, 1.82) is 5.26 Å². The Morgan fingerprint density at radius 1 is 1.19 bits per heavy atom. The molecule has 2 N–H and O–H groups in total. The summed E-state index contributed by atoms with van der Waals surface area (Å²) >= 11 is 6.02. The van der Waals surface area contributed by atoms with Gasteiger partial charge in [-0.15, -0.1) is 0 Å². The number of anilines is 1. The van der Waals surface area contributed by atoms with Crippen LogP contribution < -0.4 is 10.9 Å². The molecule has 4 nitrogen and oxygen atoms in total. The number of nitriles is 1. The minimum Gasteiger partial charge on any atom is -0.381 e. The number of benzene rings is 2. The molecular weight excluding hydrogens is 367 g/mol. The zero-order valence-corrected chi connectivity index (χ0v) is 13.9. The number of hydrogen-bond acceptors (Lipinski definition) is 3. The zero-order chi connectivity index (χ0) is 18.9. The minimum atomic E-state index is -4.64. The van der Waals surface area contributed by atoms with Crippen molar-refractivity contribution >= 4 is 28.2 Å². The van der Waals surface area contributed by atoms with E-state index in [-0.39, 0.29) is 17.8 Å². The molecule has 0 saturated carbocycles. The van der Waals surface area contributed by atoms with Gasteiger partial charge in [-0.25, -0.2) is 0 Å². The van der Waals surface area contributed by atoms with Crippen LogP contribution in [0.5, 0.6) is 0 Å². The summed E-state index contributed by atoms with van der Waals surface area (Å²) in [6, 6.07) is 11.6. The number of nitrogens with zero attached hydrogens (tertiary/aromatic N) is 1. The third-order valence-corrected chi connectivity index (χ3v) is 4.15. The van der Waals surface area contributed by atoms with Crippen molar-refractivity contribution < 1.29 is 13.2 Å². The highest BCUT2D eigenvalue weighted by molar-refractivity contribution is 6.35. The molecule has 0 spiro atoms. The number of aromatic amines is 1. The van der Waals surface area contributed by atoms with Gasteiger partial charge in [-0.05, 0) is 30.3 Å². The average molecular weight is 378 g/mol. The van der Waals surface area contributed by atoms with Crippen LogP contribution in [0.2, 0.25) is 5.02 Å². The minimum absolute atomic E-state index is 0.0149. The highest BCUT2D eigenvalue weighted by Crippen LogP contribution is 2.33. The van der Waals surface area contributed by atoms with Gasteiger partial charge in [0.1, 0.15) is 0 Å². The van der Waals surface area contributed by atoms with Gasteiger partial charge in [-0.3, -0.25) is 4.79 Å². The molecule has 0 atom stereocenters. The molecule has 0 unspecified atom stereocenters.